The Morgan fingerprint density at radius 1 is 1.03 bits per heavy atom. The molecule has 4 rings (SSSR count). The summed E-state index contributed by atoms with van der Waals surface area (Å²) in [5.41, 5.74) is 1.96. The van der Waals surface area contributed by atoms with Crippen LogP contribution in [-0.4, -0.2) is 34.0 Å². The monoisotopic (exact) mass is 410 g/mol. The molecular weight excluding hydrogens is 388 g/mol. The third-order valence-electron chi connectivity index (χ3n) is 5.49. The fourth-order valence-corrected chi connectivity index (χ4v) is 4.01. The number of aliphatic hydroxyl groups is 2. The summed E-state index contributed by atoms with van der Waals surface area (Å²) >= 11 is 0. The minimum atomic E-state index is -1.32. The highest BCUT2D eigenvalue weighted by atomic mass is 16.5. The Labute approximate surface area is 172 Å². The highest BCUT2D eigenvalue weighted by molar-refractivity contribution is 5.90. The first kappa shape index (κ1) is 20.1. The Hall–Kier alpha value is -3.16. The van der Waals surface area contributed by atoms with Crippen molar-refractivity contribution in [3.63, 3.8) is 0 Å². The number of benzene rings is 2. The molecule has 0 amide bonds. The van der Waals surface area contributed by atoms with Crippen LogP contribution in [0.25, 0.3) is 11.0 Å². The lowest BCUT2D eigenvalue weighted by molar-refractivity contribution is -0.00856. The van der Waals surface area contributed by atoms with Gasteiger partial charge >= 0.3 is 11.6 Å². The molecule has 2 unspecified atom stereocenters. The fraction of sp³-hybridized carbons (Fsp3) is 0.304. The van der Waals surface area contributed by atoms with Gasteiger partial charge in [0.15, 0.2) is 0 Å². The summed E-state index contributed by atoms with van der Waals surface area (Å²) in [4.78, 5) is 23.6. The van der Waals surface area contributed by atoms with Gasteiger partial charge in [-0.05, 0) is 55.0 Å². The van der Waals surface area contributed by atoms with Gasteiger partial charge in [0.2, 0.25) is 0 Å². The minimum absolute atomic E-state index is 0.0276. The van der Waals surface area contributed by atoms with Gasteiger partial charge in [-0.2, -0.15) is 0 Å². The second-order valence-electron chi connectivity index (χ2n) is 7.40. The van der Waals surface area contributed by atoms with Crippen molar-refractivity contribution in [2.45, 2.75) is 37.9 Å². The van der Waals surface area contributed by atoms with Gasteiger partial charge in [-0.25, -0.2) is 9.59 Å². The Morgan fingerprint density at radius 3 is 2.53 bits per heavy atom. The Balaban J connectivity index is 1.64. The maximum atomic E-state index is 12.3. The average Bonchev–Trinajstić information content (AvgIpc) is 2.76. The zero-order valence-electron chi connectivity index (χ0n) is 16.2. The molecule has 0 bridgehead atoms. The lowest BCUT2D eigenvalue weighted by atomic mass is 9.87. The van der Waals surface area contributed by atoms with Crippen molar-refractivity contribution in [2.24, 2.45) is 0 Å². The number of hydrogen-bond acceptors (Lipinski definition) is 6. The summed E-state index contributed by atoms with van der Waals surface area (Å²) in [6.45, 7) is -0.305. The fourth-order valence-electron chi connectivity index (χ4n) is 4.01. The number of carboxylic acids is 1. The van der Waals surface area contributed by atoms with Gasteiger partial charge in [-0.15, -0.1) is 0 Å². The smallest absolute Gasteiger partial charge is 0.339 e. The highest BCUT2D eigenvalue weighted by Crippen LogP contribution is 2.33. The van der Waals surface area contributed by atoms with E-state index in [0.717, 1.165) is 18.4 Å². The number of hydrogen-bond donors (Lipinski definition) is 3. The summed E-state index contributed by atoms with van der Waals surface area (Å²) in [6, 6.07) is 11.1. The van der Waals surface area contributed by atoms with E-state index in [9.17, 15) is 24.9 Å². The minimum Gasteiger partial charge on any atom is -0.490 e. The maximum Gasteiger partial charge on any atom is 0.339 e. The quantitative estimate of drug-likeness (QED) is 0.535. The van der Waals surface area contributed by atoms with Crippen molar-refractivity contribution in [3.8, 4) is 5.75 Å². The number of aromatic carboxylic acids is 1. The van der Waals surface area contributed by atoms with Crippen molar-refractivity contribution in [1.82, 2.24) is 0 Å². The third-order valence-corrected chi connectivity index (χ3v) is 5.49. The SMILES string of the molecule is O=C(O)c1ccccc1OCC(O)C(O)c1cccc2oc(=O)c3c(c12)CCCC3. The van der Waals surface area contributed by atoms with Gasteiger partial charge in [0.1, 0.15) is 35.7 Å². The number of aryl methyl sites for hydroxylation is 1. The van der Waals surface area contributed by atoms with Crippen LogP contribution in [-0.2, 0) is 12.8 Å². The molecular formula is C23H22O7. The van der Waals surface area contributed by atoms with Crippen LogP contribution >= 0.6 is 0 Å². The zero-order valence-corrected chi connectivity index (χ0v) is 16.2. The van der Waals surface area contributed by atoms with Crippen molar-refractivity contribution in [3.05, 3.63) is 75.1 Å². The molecule has 0 radical (unpaired) electrons. The molecule has 0 saturated carbocycles. The van der Waals surface area contributed by atoms with Gasteiger partial charge in [0.05, 0.1) is 0 Å². The molecule has 7 nitrogen and oxygen atoms in total. The first-order valence-corrected chi connectivity index (χ1v) is 9.86. The molecule has 0 spiro atoms. The van der Waals surface area contributed by atoms with E-state index in [1.165, 1.54) is 12.1 Å². The van der Waals surface area contributed by atoms with Gasteiger partial charge in [-0.3, -0.25) is 0 Å². The Kier molecular flexibility index (Phi) is 5.57. The number of ether oxygens (including phenoxy) is 1. The zero-order chi connectivity index (χ0) is 21.3. The van der Waals surface area contributed by atoms with E-state index in [1.807, 2.05) is 0 Å². The van der Waals surface area contributed by atoms with E-state index in [2.05, 4.69) is 0 Å². The number of para-hydroxylation sites is 1. The number of carbonyl (C=O) groups is 1. The van der Waals surface area contributed by atoms with Crippen molar-refractivity contribution >= 4 is 16.9 Å². The van der Waals surface area contributed by atoms with E-state index in [1.54, 1.807) is 30.3 Å². The molecule has 156 valence electrons. The van der Waals surface area contributed by atoms with E-state index >= 15 is 0 Å². The van der Waals surface area contributed by atoms with Crippen LogP contribution in [0.2, 0.25) is 0 Å². The average molecular weight is 410 g/mol. The van der Waals surface area contributed by atoms with Crippen molar-refractivity contribution in [2.75, 3.05) is 6.61 Å². The lowest BCUT2D eigenvalue weighted by Crippen LogP contribution is -2.27. The van der Waals surface area contributed by atoms with E-state index in [-0.39, 0.29) is 23.5 Å². The summed E-state index contributed by atoms with van der Waals surface area (Å²) in [7, 11) is 0. The normalized spacial score (nSPS) is 15.4. The van der Waals surface area contributed by atoms with Crippen LogP contribution in [0.5, 0.6) is 5.75 Å². The molecule has 0 fully saturated rings. The standard InChI is InChI=1S/C23H22O7/c24-17(12-29-18-10-4-3-8-15(18)22(26)27)21(25)16-9-5-11-19-20(16)13-6-1-2-7-14(13)23(28)30-19/h3-5,8-11,17,21,24-25H,1-2,6-7,12H2,(H,26,27). The molecule has 1 aromatic heterocycles. The van der Waals surface area contributed by atoms with Crippen LogP contribution in [0, 0.1) is 0 Å². The maximum absolute atomic E-state index is 12.3. The summed E-state index contributed by atoms with van der Waals surface area (Å²) < 4.78 is 10.9. The van der Waals surface area contributed by atoms with Gasteiger partial charge < -0.3 is 24.5 Å². The third kappa shape index (κ3) is 3.69. The lowest BCUT2D eigenvalue weighted by Gasteiger charge is -2.23. The number of aliphatic hydroxyl groups excluding tert-OH is 2. The van der Waals surface area contributed by atoms with Gasteiger partial charge in [-0.1, -0.05) is 24.3 Å². The molecule has 0 saturated heterocycles. The van der Waals surface area contributed by atoms with Crippen LogP contribution in [0.4, 0.5) is 0 Å². The van der Waals surface area contributed by atoms with Crippen molar-refractivity contribution < 1.29 is 29.3 Å². The van der Waals surface area contributed by atoms with E-state index in [4.69, 9.17) is 9.15 Å². The summed E-state index contributed by atoms with van der Waals surface area (Å²) in [5.74, 6) is -1.03. The second-order valence-corrected chi connectivity index (χ2v) is 7.40. The molecule has 7 heteroatoms. The summed E-state index contributed by atoms with van der Waals surface area (Å²) in [5, 5.41) is 31.3. The molecule has 0 aliphatic heterocycles. The van der Waals surface area contributed by atoms with E-state index < -0.39 is 18.2 Å². The predicted molar refractivity (Wildman–Crippen MR) is 109 cm³/mol. The molecule has 3 N–H and O–H groups in total. The molecule has 1 aliphatic rings. The molecule has 30 heavy (non-hydrogen) atoms. The van der Waals surface area contributed by atoms with Gasteiger partial charge in [0, 0.05) is 10.9 Å². The molecule has 2 atom stereocenters. The molecule has 3 aromatic rings. The Morgan fingerprint density at radius 2 is 1.77 bits per heavy atom. The Bertz CT molecular complexity index is 1150. The molecule has 2 aromatic carbocycles. The number of carboxylic acid groups (broad SMARTS) is 1. The number of rotatable bonds is 6. The van der Waals surface area contributed by atoms with Crippen LogP contribution in [0.15, 0.2) is 51.7 Å². The topological polar surface area (TPSA) is 117 Å². The van der Waals surface area contributed by atoms with Crippen LogP contribution in [0.1, 0.15) is 46.0 Å². The van der Waals surface area contributed by atoms with E-state index in [0.29, 0.717) is 34.9 Å². The highest BCUT2D eigenvalue weighted by Gasteiger charge is 2.26. The second kappa shape index (κ2) is 8.30. The predicted octanol–water partition coefficient (Wildman–Crippen LogP) is 2.84. The first-order chi connectivity index (χ1) is 14.5. The van der Waals surface area contributed by atoms with Crippen LogP contribution in [0.3, 0.4) is 0 Å². The number of fused-ring (bicyclic) bond motifs is 3. The largest absolute Gasteiger partial charge is 0.490 e. The van der Waals surface area contributed by atoms with Gasteiger partial charge in [0.25, 0.3) is 0 Å². The summed E-state index contributed by atoms with van der Waals surface area (Å²) in [6.07, 6.45) is 0.573. The van der Waals surface area contributed by atoms with Crippen molar-refractivity contribution in [1.29, 1.82) is 0 Å². The van der Waals surface area contributed by atoms with Crippen LogP contribution < -0.4 is 10.4 Å². The molecule has 1 aliphatic carbocycles. The molecule has 1 heterocycles. The first-order valence-electron chi connectivity index (χ1n) is 9.86.